The second-order valence-electron chi connectivity index (χ2n) is 11.8. The van der Waals surface area contributed by atoms with Gasteiger partial charge in [-0.2, -0.15) is 0 Å². The van der Waals surface area contributed by atoms with Crippen LogP contribution in [0.4, 0.5) is 0 Å². The van der Waals surface area contributed by atoms with Crippen molar-refractivity contribution in [3.8, 4) is 44.7 Å². The second-order valence-corrected chi connectivity index (χ2v) is 12.9. The number of fused-ring (bicyclic) bond motifs is 7. The van der Waals surface area contributed by atoms with Gasteiger partial charge >= 0.3 is 0 Å². The van der Waals surface area contributed by atoms with E-state index in [1.807, 2.05) is 66.7 Å². The molecule has 0 aliphatic rings. The predicted octanol–water partition coefficient (Wildman–Crippen LogP) is 11.4. The maximum absolute atomic E-state index is 6.46. The third-order valence-corrected chi connectivity index (χ3v) is 9.99. The Bertz CT molecular complexity index is 2840. The van der Waals surface area contributed by atoms with Crippen molar-refractivity contribution in [3.05, 3.63) is 146 Å². The van der Waals surface area contributed by atoms with Crippen LogP contribution < -0.4 is 0 Å². The van der Waals surface area contributed by atoms with E-state index >= 15 is 0 Å². The summed E-state index contributed by atoms with van der Waals surface area (Å²) < 4.78 is 7.47. The summed E-state index contributed by atoms with van der Waals surface area (Å²) in [6.07, 6.45) is 0. The van der Waals surface area contributed by atoms with Crippen molar-refractivity contribution in [2.45, 2.75) is 0 Å². The molecule has 0 radical (unpaired) electrons. The Labute approximate surface area is 278 Å². The Hall–Kier alpha value is -6.24. The Morgan fingerprint density at radius 3 is 1.92 bits per heavy atom. The lowest BCUT2D eigenvalue weighted by molar-refractivity contribution is 0.669. The number of hydrogen-bond acceptors (Lipinski definition) is 6. The van der Waals surface area contributed by atoms with Crippen molar-refractivity contribution in [2.24, 2.45) is 0 Å². The first-order chi connectivity index (χ1) is 23.8. The Kier molecular flexibility index (Phi) is 5.98. The minimum Gasteiger partial charge on any atom is -0.456 e. The van der Waals surface area contributed by atoms with E-state index in [9.17, 15) is 0 Å². The summed E-state index contributed by atoms with van der Waals surface area (Å²) in [4.78, 5) is 20.7. The topological polar surface area (TPSA) is 64.7 Å². The fourth-order valence-corrected chi connectivity index (χ4v) is 7.69. The lowest BCUT2D eigenvalue weighted by Crippen LogP contribution is -2.01. The van der Waals surface area contributed by atoms with Gasteiger partial charge in [0.1, 0.15) is 16.2 Å². The third-order valence-electron chi connectivity index (χ3n) is 8.94. The van der Waals surface area contributed by atoms with Gasteiger partial charge in [-0.05, 0) is 33.7 Å². The van der Waals surface area contributed by atoms with Crippen LogP contribution in [0.1, 0.15) is 0 Å². The largest absolute Gasteiger partial charge is 0.456 e. The number of para-hydroxylation sites is 1. The molecule has 0 fully saturated rings. The molecule has 0 aliphatic heterocycles. The molecule has 6 heteroatoms. The monoisotopic (exact) mass is 632 g/mol. The van der Waals surface area contributed by atoms with Crippen molar-refractivity contribution in [3.63, 3.8) is 0 Å². The third kappa shape index (κ3) is 4.31. The molecule has 0 N–H and O–H groups in total. The molecule has 0 bridgehead atoms. The highest BCUT2D eigenvalue weighted by Crippen LogP contribution is 2.44. The van der Waals surface area contributed by atoms with Crippen LogP contribution in [0.25, 0.3) is 98.4 Å². The molecule has 224 valence electrons. The molecule has 0 unspecified atom stereocenters. The first-order valence-corrected chi connectivity index (χ1v) is 16.6. The molecule has 0 saturated heterocycles. The van der Waals surface area contributed by atoms with Crippen molar-refractivity contribution >= 4 is 65.0 Å². The number of benzene rings is 7. The molecule has 5 nitrogen and oxygen atoms in total. The van der Waals surface area contributed by atoms with Crippen LogP contribution in [0.15, 0.2) is 150 Å². The Morgan fingerprint density at radius 1 is 0.438 bits per heavy atom. The minimum absolute atomic E-state index is 0.560. The van der Waals surface area contributed by atoms with E-state index in [2.05, 4.69) is 78.9 Å². The van der Waals surface area contributed by atoms with Crippen LogP contribution >= 0.6 is 11.3 Å². The normalized spacial score (nSPS) is 11.8. The summed E-state index contributed by atoms with van der Waals surface area (Å²) in [7, 11) is 0. The maximum Gasteiger partial charge on any atom is 0.167 e. The van der Waals surface area contributed by atoms with E-state index in [1.54, 1.807) is 11.3 Å². The molecule has 3 aromatic heterocycles. The highest BCUT2D eigenvalue weighted by atomic mass is 32.1. The average Bonchev–Trinajstić information content (AvgIpc) is 3.75. The number of thiazole rings is 1. The van der Waals surface area contributed by atoms with Crippen molar-refractivity contribution < 1.29 is 4.42 Å². The standard InChI is InChI=1S/C42H24N4OS/c1-3-12-26(13-4-1)39-44-40(29-21-22-31-28(23-29)20-19-25-11-7-8-16-30(25)31)46-41(45-39)37-36-32-17-9-10-18-33(32)47-34(36)24-35-38(37)43-42(48-35)27-14-5-2-6-15-27/h1-24H. The van der Waals surface area contributed by atoms with Gasteiger partial charge in [0, 0.05) is 33.5 Å². The summed E-state index contributed by atoms with van der Waals surface area (Å²) >= 11 is 1.65. The molecule has 10 aromatic rings. The van der Waals surface area contributed by atoms with Gasteiger partial charge in [0.2, 0.25) is 0 Å². The van der Waals surface area contributed by atoms with E-state index in [0.717, 1.165) is 64.8 Å². The Morgan fingerprint density at radius 2 is 1.08 bits per heavy atom. The van der Waals surface area contributed by atoms with Crippen molar-refractivity contribution in [1.29, 1.82) is 0 Å². The average molecular weight is 633 g/mol. The van der Waals surface area contributed by atoms with Crippen LogP contribution in [0.5, 0.6) is 0 Å². The molecule has 0 spiro atoms. The zero-order valence-corrected chi connectivity index (χ0v) is 26.3. The van der Waals surface area contributed by atoms with Gasteiger partial charge in [0.15, 0.2) is 17.5 Å². The summed E-state index contributed by atoms with van der Waals surface area (Å²) in [5.41, 5.74) is 6.19. The lowest BCUT2D eigenvalue weighted by Gasteiger charge is -2.11. The molecule has 0 amide bonds. The highest BCUT2D eigenvalue weighted by molar-refractivity contribution is 7.21. The summed E-state index contributed by atoms with van der Waals surface area (Å²) in [6.45, 7) is 0. The zero-order valence-electron chi connectivity index (χ0n) is 25.5. The van der Waals surface area contributed by atoms with Gasteiger partial charge in [-0.15, -0.1) is 11.3 Å². The van der Waals surface area contributed by atoms with Crippen molar-refractivity contribution in [1.82, 2.24) is 19.9 Å². The molecule has 3 heterocycles. The molecule has 0 atom stereocenters. The summed E-state index contributed by atoms with van der Waals surface area (Å²) in [5, 5.41) is 7.65. The SMILES string of the molecule is c1ccc(-c2nc(-c3ccc4c(ccc5ccccc54)c3)nc(-c3c4nc(-c5ccccc5)sc4cc4oc5ccccc5c34)n2)cc1. The van der Waals surface area contributed by atoms with Crippen LogP contribution in [-0.4, -0.2) is 19.9 Å². The van der Waals surface area contributed by atoms with E-state index in [-0.39, 0.29) is 0 Å². The fourth-order valence-electron chi connectivity index (χ4n) is 6.68. The number of rotatable bonds is 4. The fraction of sp³-hybridized carbons (Fsp3) is 0. The molecule has 0 aliphatic carbocycles. The van der Waals surface area contributed by atoms with E-state index in [0.29, 0.717) is 17.5 Å². The molecular weight excluding hydrogens is 609 g/mol. The van der Waals surface area contributed by atoms with Gasteiger partial charge in [-0.3, -0.25) is 0 Å². The van der Waals surface area contributed by atoms with Crippen LogP contribution in [0, 0.1) is 0 Å². The smallest absolute Gasteiger partial charge is 0.167 e. The number of aromatic nitrogens is 4. The maximum atomic E-state index is 6.46. The van der Waals surface area contributed by atoms with Gasteiger partial charge in [-0.25, -0.2) is 19.9 Å². The van der Waals surface area contributed by atoms with Crippen LogP contribution in [0.2, 0.25) is 0 Å². The van der Waals surface area contributed by atoms with Gasteiger partial charge in [0.25, 0.3) is 0 Å². The number of hydrogen-bond donors (Lipinski definition) is 0. The molecular formula is C42H24N4OS. The summed E-state index contributed by atoms with van der Waals surface area (Å²) in [5.74, 6) is 1.76. The van der Waals surface area contributed by atoms with Crippen molar-refractivity contribution in [2.75, 3.05) is 0 Å². The van der Waals surface area contributed by atoms with Gasteiger partial charge in [0.05, 0.1) is 15.8 Å². The van der Waals surface area contributed by atoms with E-state index in [4.69, 9.17) is 24.4 Å². The first kappa shape index (κ1) is 26.9. The first-order valence-electron chi connectivity index (χ1n) is 15.8. The molecule has 10 rings (SSSR count). The Balaban J connectivity index is 1.28. The molecule has 7 aromatic carbocycles. The van der Waals surface area contributed by atoms with Gasteiger partial charge in [-0.1, -0.05) is 127 Å². The van der Waals surface area contributed by atoms with E-state index < -0.39 is 0 Å². The van der Waals surface area contributed by atoms with Crippen LogP contribution in [0.3, 0.4) is 0 Å². The number of nitrogens with zero attached hydrogens (tertiary/aromatic N) is 4. The second kappa shape index (κ2) is 10.7. The minimum atomic E-state index is 0.560. The predicted molar refractivity (Wildman–Crippen MR) is 197 cm³/mol. The summed E-state index contributed by atoms with van der Waals surface area (Å²) in [6, 6.07) is 49.9. The molecule has 0 saturated carbocycles. The zero-order chi connectivity index (χ0) is 31.6. The lowest BCUT2D eigenvalue weighted by atomic mass is 10.00. The van der Waals surface area contributed by atoms with Crippen LogP contribution in [-0.2, 0) is 0 Å². The van der Waals surface area contributed by atoms with E-state index in [1.165, 1.54) is 16.2 Å². The highest BCUT2D eigenvalue weighted by Gasteiger charge is 2.23. The number of furan rings is 1. The molecule has 48 heavy (non-hydrogen) atoms. The van der Waals surface area contributed by atoms with Gasteiger partial charge < -0.3 is 4.42 Å². The quantitative estimate of drug-likeness (QED) is 0.181.